The molecule has 0 amide bonds. The summed E-state index contributed by atoms with van der Waals surface area (Å²) in [5.74, 6) is 0.473. The fraction of sp³-hybridized carbons (Fsp3) is 0.429. The Morgan fingerprint density at radius 1 is 1.12 bits per heavy atom. The van der Waals surface area contributed by atoms with Crippen molar-refractivity contribution in [2.45, 2.75) is 18.9 Å². The minimum atomic E-state index is 0.473. The summed E-state index contributed by atoms with van der Waals surface area (Å²) in [5.41, 5.74) is 5.78. The highest BCUT2D eigenvalue weighted by Crippen LogP contribution is 2.40. The maximum absolute atomic E-state index is 3.56. The van der Waals surface area contributed by atoms with E-state index in [0.717, 1.165) is 32.7 Å². The van der Waals surface area contributed by atoms with Gasteiger partial charge in [-0.2, -0.15) is 0 Å². The highest BCUT2D eigenvalue weighted by atomic mass is 15.2. The third kappa shape index (κ3) is 2.72. The van der Waals surface area contributed by atoms with Crippen LogP contribution in [0.1, 0.15) is 35.6 Å². The molecule has 3 heteroatoms. The van der Waals surface area contributed by atoms with Crippen LogP contribution in [0.4, 0.5) is 5.69 Å². The van der Waals surface area contributed by atoms with Gasteiger partial charge in [-0.15, -0.1) is 0 Å². The minimum absolute atomic E-state index is 0.473. The first-order chi connectivity index (χ1) is 11.8. The van der Waals surface area contributed by atoms with E-state index in [2.05, 4.69) is 77.6 Å². The van der Waals surface area contributed by atoms with Gasteiger partial charge in [-0.1, -0.05) is 36.4 Å². The molecule has 1 fully saturated rings. The predicted molar refractivity (Wildman–Crippen MR) is 101 cm³/mol. The zero-order valence-corrected chi connectivity index (χ0v) is 14.7. The number of hydrogen-bond donors (Lipinski definition) is 1. The summed E-state index contributed by atoms with van der Waals surface area (Å²) in [5, 5.41) is 3.56. The van der Waals surface area contributed by atoms with E-state index >= 15 is 0 Å². The van der Waals surface area contributed by atoms with E-state index in [9.17, 15) is 0 Å². The summed E-state index contributed by atoms with van der Waals surface area (Å²) in [6, 6.07) is 18.7. The van der Waals surface area contributed by atoms with Gasteiger partial charge in [0, 0.05) is 57.4 Å². The average Bonchev–Trinajstić information content (AvgIpc) is 2.67. The maximum atomic E-state index is 3.56. The number of anilines is 1. The Morgan fingerprint density at radius 3 is 2.79 bits per heavy atom. The fourth-order valence-electron chi connectivity index (χ4n) is 4.18. The molecule has 2 heterocycles. The SMILES string of the molecule is CCN(C)c1cccc([C@@H]2CN3CCNC[C@H]3c3ccccc32)c1. The van der Waals surface area contributed by atoms with Crippen LogP contribution in [0.15, 0.2) is 48.5 Å². The second kappa shape index (κ2) is 6.58. The standard InChI is InChI=1S/C21H27N3/c1-3-23(2)17-8-6-7-16(13-17)20-15-24-12-11-22-14-21(24)19-10-5-4-9-18(19)20/h4-10,13,20-22H,3,11-12,14-15H2,1-2H3/t20-,21-/m0/s1. The van der Waals surface area contributed by atoms with E-state index in [1.165, 1.54) is 22.4 Å². The van der Waals surface area contributed by atoms with Crippen LogP contribution in [0, 0.1) is 0 Å². The molecule has 0 spiro atoms. The summed E-state index contributed by atoms with van der Waals surface area (Å²) in [7, 11) is 2.17. The Labute approximate surface area is 145 Å². The van der Waals surface area contributed by atoms with E-state index in [1.54, 1.807) is 0 Å². The molecule has 3 nitrogen and oxygen atoms in total. The predicted octanol–water partition coefficient (Wildman–Crippen LogP) is 3.23. The molecule has 0 bridgehead atoms. The molecule has 2 aromatic carbocycles. The minimum Gasteiger partial charge on any atom is -0.375 e. The first-order valence-electron chi connectivity index (χ1n) is 9.12. The monoisotopic (exact) mass is 321 g/mol. The van der Waals surface area contributed by atoms with Crippen molar-refractivity contribution in [1.82, 2.24) is 10.2 Å². The molecule has 0 aromatic heterocycles. The number of hydrogen-bond acceptors (Lipinski definition) is 3. The third-order valence-electron chi connectivity index (χ3n) is 5.69. The zero-order chi connectivity index (χ0) is 16.5. The molecule has 2 aliphatic heterocycles. The summed E-state index contributed by atoms with van der Waals surface area (Å²) in [6.07, 6.45) is 0. The van der Waals surface area contributed by atoms with Gasteiger partial charge in [-0.3, -0.25) is 4.90 Å². The van der Waals surface area contributed by atoms with Crippen LogP contribution in [0.3, 0.4) is 0 Å². The Balaban J connectivity index is 1.75. The smallest absolute Gasteiger partial charge is 0.0476 e. The summed E-state index contributed by atoms with van der Waals surface area (Å²) < 4.78 is 0. The Hall–Kier alpha value is -1.84. The number of rotatable bonds is 3. The molecule has 24 heavy (non-hydrogen) atoms. The van der Waals surface area contributed by atoms with Gasteiger partial charge in [0.2, 0.25) is 0 Å². The lowest BCUT2D eigenvalue weighted by Gasteiger charge is -2.44. The quantitative estimate of drug-likeness (QED) is 0.936. The Kier molecular flexibility index (Phi) is 4.30. The number of nitrogens with one attached hydrogen (secondary N) is 1. The van der Waals surface area contributed by atoms with E-state index < -0.39 is 0 Å². The molecular formula is C21H27N3. The maximum Gasteiger partial charge on any atom is 0.0476 e. The van der Waals surface area contributed by atoms with Crippen molar-refractivity contribution in [3.63, 3.8) is 0 Å². The van der Waals surface area contributed by atoms with Crippen molar-refractivity contribution in [3.05, 3.63) is 65.2 Å². The molecule has 4 rings (SSSR count). The largest absolute Gasteiger partial charge is 0.375 e. The molecule has 0 unspecified atom stereocenters. The highest BCUT2D eigenvalue weighted by molar-refractivity contribution is 5.51. The van der Waals surface area contributed by atoms with Gasteiger partial charge in [0.15, 0.2) is 0 Å². The molecule has 0 aliphatic carbocycles. The number of fused-ring (bicyclic) bond motifs is 3. The normalized spacial score (nSPS) is 23.4. The molecule has 1 saturated heterocycles. The van der Waals surface area contributed by atoms with Crippen LogP contribution < -0.4 is 10.2 Å². The Bertz CT molecular complexity index is 712. The van der Waals surface area contributed by atoms with E-state index in [0.29, 0.717) is 12.0 Å². The van der Waals surface area contributed by atoms with Gasteiger partial charge in [0.1, 0.15) is 0 Å². The van der Waals surface area contributed by atoms with Crippen LogP contribution in [0.5, 0.6) is 0 Å². The average molecular weight is 321 g/mol. The number of nitrogens with zero attached hydrogens (tertiary/aromatic N) is 2. The van der Waals surface area contributed by atoms with Crippen LogP contribution in [0.2, 0.25) is 0 Å². The summed E-state index contributed by atoms with van der Waals surface area (Å²) >= 11 is 0. The summed E-state index contributed by atoms with van der Waals surface area (Å²) in [4.78, 5) is 4.98. The lowest BCUT2D eigenvalue weighted by molar-refractivity contribution is 0.143. The third-order valence-corrected chi connectivity index (χ3v) is 5.69. The van der Waals surface area contributed by atoms with Gasteiger partial charge in [-0.25, -0.2) is 0 Å². The van der Waals surface area contributed by atoms with Crippen molar-refractivity contribution < 1.29 is 0 Å². The van der Waals surface area contributed by atoms with Crippen molar-refractivity contribution in [3.8, 4) is 0 Å². The van der Waals surface area contributed by atoms with Gasteiger partial charge in [-0.05, 0) is 35.7 Å². The molecule has 0 radical (unpaired) electrons. The topological polar surface area (TPSA) is 18.5 Å². The van der Waals surface area contributed by atoms with Crippen molar-refractivity contribution >= 4 is 5.69 Å². The fourth-order valence-corrected chi connectivity index (χ4v) is 4.18. The molecule has 2 aliphatic rings. The van der Waals surface area contributed by atoms with Crippen molar-refractivity contribution in [1.29, 1.82) is 0 Å². The van der Waals surface area contributed by atoms with Crippen molar-refractivity contribution in [2.75, 3.05) is 44.7 Å². The highest BCUT2D eigenvalue weighted by Gasteiger charge is 2.34. The van der Waals surface area contributed by atoms with Crippen LogP contribution in [-0.4, -0.2) is 44.7 Å². The first-order valence-corrected chi connectivity index (χ1v) is 9.12. The van der Waals surface area contributed by atoms with Crippen LogP contribution in [0.25, 0.3) is 0 Å². The molecule has 2 aromatic rings. The van der Waals surface area contributed by atoms with Gasteiger partial charge in [0.25, 0.3) is 0 Å². The van der Waals surface area contributed by atoms with Crippen molar-refractivity contribution in [2.24, 2.45) is 0 Å². The molecule has 2 atom stereocenters. The van der Waals surface area contributed by atoms with Gasteiger partial charge >= 0.3 is 0 Å². The van der Waals surface area contributed by atoms with E-state index in [-0.39, 0.29) is 0 Å². The van der Waals surface area contributed by atoms with Gasteiger partial charge in [0.05, 0.1) is 0 Å². The lowest BCUT2D eigenvalue weighted by atomic mass is 9.80. The van der Waals surface area contributed by atoms with Crippen LogP contribution >= 0.6 is 0 Å². The number of piperazine rings is 1. The lowest BCUT2D eigenvalue weighted by Crippen LogP contribution is -2.50. The molecule has 126 valence electrons. The second-order valence-electron chi connectivity index (χ2n) is 7.01. The zero-order valence-electron chi connectivity index (χ0n) is 14.7. The summed E-state index contributed by atoms with van der Waals surface area (Å²) in [6.45, 7) is 7.68. The Morgan fingerprint density at radius 2 is 1.96 bits per heavy atom. The second-order valence-corrected chi connectivity index (χ2v) is 7.01. The van der Waals surface area contributed by atoms with Crippen LogP contribution in [-0.2, 0) is 0 Å². The number of benzene rings is 2. The first kappa shape index (κ1) is 15.7. The molecule has 0 saturated carbocycles. The van der Waals surface area contributed by atoms with Gasteiger partial charge < -0.3 is 10.2 Å². The van der Waals surface area contributed by atoms with E-state index in [1.807, 2.05) is 0 Å². The van der Waals surface area contributed by atoms with E-state index in [4.69, 9.17) is 0 Å². The molecular weight excluding hydrogens is 294 g/mol. The molecule has 1 N–H and O–H groups in total.